The number of β-amino-alcohol motifs (C(OH)–C–C–N with tert-alkyl or cyclic N) is 1. The number of hydrogen-bond acceptors (Lipinski definition) is 5. The zero-order valence-corrected chi connectivity index (χ0v) is 14.7. The SMILES string of the molecule is O=C1c2ccccc2C(=O)N1C[C@H](O)Cn1c(=S)sc2ccccc21. The van der Waals surface area contributed by atoms with Crippen molar-refractivity contribution in [3.63, 3.8) is 0 Å². The molecule has 7 heteroatoms. The molecule has 0 unspecified atom stereocenters. The molecule has 1 aromatic heterocycles. The number of benzene rings is 2. The van der Waals surface area contributed by atoms with Crippen molar-refractivity contribution in [3.05, 3.63) is 63.6 Å². The molecular weight excluding hydrogens is 356 g/mol. The number of nitrogens with zero attached hydrogens (tertiary/aromatic N) is 2. The molecule has 0 radical (unpaired) electrons. The Kier molecular flexibility index (Phi) is 3.99. The van der Waals surface area contributed by atoms with Crippen LogP contribution in [0.5, 0.6) is 0 Å². The topological polar surface area (TPSA) is 62.5 Å². The number of rotatable bonds is 4. The van der Waals surface area contributed by atoms with Gasteiger partial charge in [-0.05, 0) is 36.5 Å². The average Bonchev–Trinajstić information content (AvgIpc) is 3.05. The molecule has 1 N–H and O–H groups in total. The molecule has 0 bridgehead atoms. The van der Waals surface area contributed by atoms with Gasteiger partial charge in [0.1, 0.15) is 0 Å². The summed E-state index contributed by atoms with van der Waals surface area (Å²) in [6, 6.07) is 14.5. The van der Waals surface area contributed by atoms with Crippen molar-refractivity contribution >= 4 is 45.6 Å². The molecule has 2 aromatic carbocycles. The summed E-state index contributed by atoms with van der Waals surface area (Å²) in [5.74, 6) is -0.725. The summed E-state index contributed by atoms with van der Waals surface area (Å²) in [5, 5.41) is 10.5. The predicted molar refractivity (Wildman–Crippen MR) is 98.5 cm³/mol. The van der Waals surface area contributed by atoms with Crippen molar-refractivity contribution in [1.82, 2.24) is 9.47 Å². The van der Waals surface area contributed by atoms with Gasteiger partial charge in [0, 0.05) is 0 Å². The van der Waals surface area contributed by atoms with Crippen LogP contribution >= 0.6 is 23.6 Å². The number of aliphatic hydroxyl groups excluding tert-OH is 1. The van der Waals surface area contributed by atoms with E-state index in [0.717, 1.165) is 15.1 Å². The first kappa shape index (κ1) is 16.1. The van der Waals surface area contributed by atoms with E-state index in [1.807, 2.05) is 28.8 Å². The van der Waals surface area contributed by atoms with Gasteiger partial charge in [0.15, 0.2) is 3.95 Å². The molecule has 126 valence electrons. The van der Waals surface area contributed by atoms with E-state index in [9.17, 15) is 14.7 Å². The Morgan fingerprint density at radius 2 is 1.56 bits per heavy atom. The Morgan fingerprint density at radius 3 is 2.24 bits per heavy atom. The Labute approximate surface area is 152 Å². The second-order valence-electron chi connectivity index (χ2n) is 5.87. The first-order chi connectivity index (χ1) is 12.1. The van der Waals surface area contributed by atoms with Crippen LogP contribution in [0.4, 0.5) is 0 Å². The fourth-order valence-corrected chi connectivity index (χ4v) is 4.41. The summed E-state index contributed by atoms with van der Waals surface area (Å²) < 4.78 is 3.54. The number of aliphatic hydroxyl groups is 1. The summed E-state index contributed by atoms with van der Waals surface area (Å²) in [7, 11) is 0. The number of aromatic nitrogens is 1. The minimum atomic E-state index is -0.896. The number of thiazole rings is 1. The molecule has 0 fully saturated rings. The summed E-state index contributed by atoms with van der Waals surface area (Å²) >= 11 is 6.85. The van der Waals surface area contributed by atoms with E-state index in [1.165, 1.54) is 11.3 Å². The van der Waals surface area contributed by atoms with Crippen molar-refractivity contribution < 1.29 is 14.7 Å². The minimum absolute atomic E-state index is 0.0572. The highest BCUT2D eigenvalue weighted by atomic mass is 32.1. The van der Waals surface area contributed by atoms with Gasteiger partial charge in [-0.1, -0.05) is 24.3 Å². The van der Waals surface area contributed by atoms with Gasteiger partial charge in [0.25, 0.3) is 11.8 Å². The first-order valence-electron chi connectivity index (χ1n) is 7.78. The Morgan fingerprint density at radius 1 is 0.960 bits per heavy atom. The number of fused-ring (bicyclic) bond motifs is 2. The molecule has 1 aliphatic heterocycles. The molecule has 2 amide bonds. The second kappa shape index (κ2) is 6.18. The molecule has 25 heavy (non-hydrogen) atoms. The predicted octanol–water partition coefficient (Wildman–Crippen LogP) is 3.09. The van der Waals surface area contributed by atoms with Gasteiger partial charge in [-0.2, -0.15) is 0 Å². The lowest BCUT2D eigenvalue weighted by Crippen LogP contribution is -2.38. The van der Waals surface area contributed by atoms with E-state index < -0.39 is 6.10 Å². The molecule has 0 saturated carbocycles. The van der Waals surface area contributed by atoms with Crippen LogP contribution in [0.15, 0.2) is 48.5 Å². The van der Waals surface area contributed by atoms with Crippen LogP contribution < -0.4 is 0 Å². The summed E-state index contributed by atoms with van der Waals surface area (Å²) in [5.41, 5.74) is 1.72. The Balaban J connectivity index is 1.56. The third kappa shape index (κ3) is 2.70. The van der Waals surface area contributed by atoms with Crippen LogP contribution in [-0.2, 0) is 6.54 Å². The molecule has 0 saturated heterocycles. The number of carbonyl (C=O) groups is 2. The largest absolute Gasteiger partial charge is 0.389 e. The van der Waals surface area contributed by atoms with Crippen LogP contribution in [0.2, 0.25) is 0 Å². The van der Waals surface area contributed by atoms with Crippen molar-refractivity contribution in [1.29, 1.82) is 0 Å². The summed E-state index contributed by atoms with van der Waals surface area (Å²) in [4.78, 5) is 25.9. The minimum Gasteiger partial charge on any atom is -0.389 e. The van der Waals surface area contributed by atoms with Gasteiger partial charge in [0.2, 0.25) is 0 Å². The van der Waals surface area contributed by atoms with E-state index in [-0.39, 0.29) is 24.9 Å². The third-order valence-corrected chi connectivity index (χ3v) is 5.67. The van der Waals surface area contributed by atoms with E-state index in [4.69, 9.17) is 12.2 Å². The van der Waals surface area contributed by atoms with Crippen molar-refractivity contribution in [3.8, 4) is 0 Å². The standard InChI is InChI=1S/C18H14N2O3S2/c21-11(9-19-14-7-3-4-8-15(14)25-18(19)24)10-20-16(22)12-5-1-2-6-13(12)17(20)23/h1-8,11,21H,9-10H2/t11-/m1/s1. The van der Waals surface area contributed by atoms with Crippen LogP contribution in [-0.4, -0.2) is 39.0 Å². The lowest BCUT2D eigenvalue weighted by molar-refractivity contribution is 0.0522. The Bertz CT molecular complexity index is 1020. The molecule has 1 atom stereocenters. The molecule has 0 aliphatic carbocycles. The monoisotopic (exact) mass is 370 g/mol. The Hall–Kier alpha value is -2.35. The normalized spacial score (nSPS) is 15.0. The van der Waals surface area contributed by atoms with Gasteiger partial charge in [-0.25, -0.2) is 0 Å². The number of para-hydroxylation sites is 1. The molecule has 4 rings (SSSR count). The maximum Gasteiger partial charge on any atom is 0.261 e. The quantitative estimate of drug-likeness (QED) is 0.566. The molecule has 1 aliphatic rings. The van der Waals surface area contributed by atoms with Gasteiger partial charge >= 0.3 is 0 Å². The fraction of sp³-hybridized carbons (Fsp3) is 0.167. The molecule has 3 aromatic rings. The van der Waals surface area contributed by atoms with Gasteiger partial charge in [-0.3, -0.25) is 14.5 Å². The van der Waals surface area contributed by atoms with Crippen LogP contribution in [0.1, 0.15) is 20.7 Å². The lowest BCUT2D eigenvalue weighted by Gasteiger charge is -2.19. The fourth-order valence-electron chi connectivity index (χ4n) is 3.07. The van der Waals surface area contributed by atoms with Gasteiger partial charge in [0.05, 0.1) is 40.5 Å². The first-order valence-corrected chi connectivity index (χ1v) is 9.00. The highest BCUT2D eigenvalue weighted by Crippen LogP contribution is 2.25. The van der Waals surface area contributed by atoms with Crippen LogP contribution in [0, 0.1) is 3.95 Å². The average molecular weight is 370 g/mol. The lowest BCUT2D eigenvalue weighted by atomic mass is 10.1. The van der Waals surface area contributed by atoms with Gasteiger partial charge in [-0.15, -0.1) is 11.3 Å². The number of imide groups is 1. The number of carbonyl (C=O) groups excluding carboxylic acids is 2. The van der Waals surface area contributed by atoms with Gasteiger partial charge < -0.3 is 9.67 Å². The molecule has 0 spiro atoms. The number of hydrogen-bond donors (Lipinski definition) is 1. The smallest absolute Gasteiger partial charge is 0.261 e. The van der Waals surface area contributed by atoms with Crippen LogP contribution in [0.25, 0.3) is 10.2 Å². The third-order valence-electron chi connectivity index (χ3n) is 4.24. The van der Waals surface area contributed by atoms with E-state index >= 15 is 0 Å². The van der Waals surface area contributed by atoms with Crippen molar-refractivity contribution in [2.24, 2.45) is 0 Å². The zero-order valence-electron chi connectivity index (χ0n) is 13.1. The number of amides is 2. The molecule has 2 heterocycles. The molecular formula is C18H14N2O3S2. The maximum atomic E-state index is 12.4. The van der Waals surface area contributed by atoms with E-state index in [1.54, 1.807) is 24.3 Å². The van der Waals surface area contributed by atoms with E-state index in [0.29, 0.717) is 15.1 Å². The highest BCUT2D eigenvalue weighted by molar-refractivity contribution is 7.73. The maximum absolute atomic E-state index is 12.4. The summed E-state index contributed by atoms with van der Waals surface area (Å²) in [6.45, 7) is 0.175. The van der Waals surface area contributed by atoms with Crippen LogP contribution in [0.3, 0.4) is 0 Å². The molecule has 5 nitrogen and oxygen atoms in total. The highest BCUT2D eigenvalue weighted by Gasteiger charge is 2.36. The van der Waals surface area contributed by atoms with Crippen molar-refractivity contribution in [2.75, 3.05) is 6.54 Å². The zero-order chi connectivity index (χ0) is 17.6. The van der Waals surface area contributed by atoms with Crippen molar-refractivity contribution in [2.45, 2.75) is 12.6 Å². The summed E-state index contributed by atoms with van der Waals surface area (Å²) in [6.07, 6.45) is -0.896. The second-order valence-corrected chi connectivity index (χ2v) is 7.54. The van der Waals surface area contributed by atoms with E-state index in [2.05, 4.69) is 0 Å².